The zero-order valence-electron chi connectivity index (χ0n) is 11.8. The number of rotatable bonds is 2. The van der Waals surface area contributed by atoms with Crippen LogP contribution in [-0.2, 0) is 0 Å². The fourth-order valence-electron chi connectivity index (χ4n) is 2.85. The van der Waals surface area contributed by atoms with Gasteiger partial charge in [-0.25, -0.2) is 0 Å². The van der Waals surface area contributed by atoms with Gasteiger partial charge in [-0.3, -0.25) is 0 Å². The minimum atomic E-state index is 0.359. The lowest BCUT2D eigenvalue weighted by molar-refractivity contribution is 0.127. The molecule has 1 N–H and O–H groups in total. The van der Waals surface area contributed by atoms with E-state index in [9.17, 15) is 0 Å². The number of ether oxygens (including phenoxy) is 1. The highest BCUT2D eigenvalue weighted by molar-refractivity contribution is 5.50. The number of hydrogen-bond acceptors (Lipinski definition) is 2. The molecule has 0 aliphatic carbocycles. The molecule has 0 aromatic heterocycles. The van der Waals surface area contributed by atoms with E-state index in [-0.39, 0.29) is 0 Å². The van der Waals surface area contributed by atoms with Gasteiger partial charge < -0.3 is 10.1 Å². The molecule has 0 spiro atoms. The molecule has 1 saturated heterocycles. The van der Waals surface area contributed by atoms with Crippen LogP contribution >= 0.6 is 0 Å². The number of aryl methyl sites for hydroxylation is 1. The Morgan fingerprint density at radius 1 is 1.24 bits per heavy atom. The predicted molar refractivity (Wildman–Crippen MR) is 71.7 cm³/mol. The number of benzene rings is 1. The van der Waals surface area contributed by atoms with Gasteiger partial charge in [-0.05, 0) is 48.4 Å². The van der Waals surface area contributed by atoms with Crippen molar-refractivity contribution in [1.82, 2.24) is 5.32 Å². The Morgan fingerprint density at radius 3 is 2.29 bits per heavy atom. The Balaban J connectivity index is 2.50. The summed E-state index contributed by atoms with van der Waals surface area (Å²) in [7, 11) is 1.75. The third kappa shape index (κ3) is 1.85. The van der Waals surface area contributed by atoms with Crippen molar-refractivity contribution in [2.24, 2.45) is 5.41 Å². The SMILES string of the molecule is COc1c(C)cc(C2NCC2(C)C)c(C)c1C. The molecule has 1 fully saturated rings. The molecule has 1 aliphatic heterocycles. The van der Waals surface area contributed by atoms with Crippen molar-refractivity contribution in [2.45, 2.75) is 40.7 Å². The van der Waals surface area contributed by atoms with Crippen LogP contribution in [0.2, 0.25) is 0 Å². The lowest BCUT2D eigenvalue weighted by Gasteiger charge is -2.47. The summed E-state index contributed by atoms with van der Waals surface area (Å²) in [5.74, 6) is 1.03. The first kappa shape index (κ1) is 12.4. The summed E-state index contributed by atoms with van der Waals surface area (Å²) in [5.41, 5.74) is 5.65. The van der Waals surface area contributed by atoms with Crippen molar-refractivity contribution in [3.05, 3.63) is 28.3 Å². The van der Waals surface area contributed by atoms with Crippen LogP contribution in [-0.4, -0.2) is 13.7 Å². The highest BCUT2D eigenvalue weighted by Gasteiger charge is 2.40. The second-order valence-corrected chi connectivity index (χ2v) is 5.87. The van der Waals surface area contributed by atoms with Crippen LogP contribution in [0.3, 0.4) is 0 Å². The summed E-state index contributed by atoms with van der Waals surface area (Å²) in [6.07, 6.45) is 0. The number of methoxy groups -OCH3 is 1. The van der Waals surface area contributed by atoms with Gasteiger partial charge in [-0.2, -0.15) is 0 Å². The van der Waals surface area contributed by atoms with Gasteiger partial charge in [0.2, 0.25) is 0 Å². The van der Waals surface area contributed by atoms with E-state index in [1.807, 2.05) is 0 Å². The van der Waals surface area contributed by atoms with Crippen LogP contribution in [0.15, 0.2) is 6.07 Å². The maximum absolute atomic E-state index is 5.47. The molecule has 0 amide bonds. The molecule has 1 atom stereocenters. The maximum Gasteiger partial charge on any atom is 0.124 e. The van der Waals surface area contributed by atoms with Gasteiger partial charge in [0.1, 0.15) is 5.75 Å². The first-order valence-corrected chi connectivity index (χ1v) is 6.26. The van der Waals surface area contributed by atoms with Crippen LogP contribution in [0.4, 0.5) is 0 Å². The summed E-state index contributed by atoms with van der Waals surface area (Å²) >= 11 is 0. The Kier molecular flexibility index (Phi) is 2.94. The molecule has 2 rings (SSSR count). The van der Waals surface area contributed by atoms with Crippen molar-refractivity contribution in [1.29, 1.82) is 0 Å². The first-order chi connectivity index (χ1) is 7.88. The average Bonchev–Trinajstić information content (AvgIpc) is 2.25. The summed E-state index contributed by atoms with van der Waals surface area (Å²) < 4.78 is 5.47. The van der Waals surface area contributed by atoms with Gasteiger partial charge in [-0.1, -0.05) is 19.9 Å². The van der Waals surface area contributed by atoms with Gasteiger partial charge in [0.25, 0.3) is 0 Å². The zero-order chi connectivity index (χ0) is 12.8. The third-order valence-electron chi connectivity index (χ3n) is 4.12. The van der Waals surface area contributed by atoms with Crippen LogP contribution in [0.5, 0.6) is 5.75 Å². The van der Waals surface area contributed by atoms with Crippen molar-refractivity contribution < 1.29 is 4.74 Å². The fourth-order valence-corrected chi connectivity index (χ4v) is 2.85. The average molecular weight is 233 g/mol. The van der Waals surface area contributed by atoms with E-state index < -0.39 is 0 Å². The van der Waals surface area contributed by atoms with E-state index in [0.717, 1.165) is 12.3 Å². The molecule has 0 bridgehead atoms. The van der Waals surface area contributed by atoms with Gasteiger partial charge in [0.05, 0.1) is 7.11 Å². The van der Waals surface area contributed by atoms with Gasteiger partial charge >= 0.3 is 0 Å². The van der Waals surface area contributed by atoms with Gasteiger partial charge in [-0.15, -0.1) is 0 Å². The predicted octanol–water partition coefficient (Wildman–Crippen LogP) is 3.29. The van der Waals surface area contributed by atoms with Gasteiger partial charge in [0, 0.05) is 12.6 Å². The van der Waals surface area contributed by atoms with E-state index in [1.54, 1.807) is 7.11 Å². The standard InChI is InChI=1S/C15H23NO/c1-9-7-12(14-15(4,5)8-16-14)10(2)11(3)13(9)17-6/h7,14,16H,8H2,1-6H3. The Hall–Kier alpha value is -1.02. The van der Waals surface area contributed by atoms with E-state index in [4.69, 9.17) is 4.74 Å². The molecule has 0 saturated carbocycles. The molecule has 1 aromatic rings. The van der Waals surface area contributed by atoms with Gasteiger partial charge in [0.15, 0.2) is 0 Å². The quantitative estimate of drug-likeness (QED) is 0.846. The second-order valence-electron chi connectivity index (χ2n) is 5.87. The highest BCUT2D eigenvalue weighted by atomic mass is 16.5. The minimum Gasteiger partial charge on any atom is -0.496 e. The lowest BCUT2D eigenvalue weighted by Crippen LogP contribution is -2.52. The molecule has 1 unspecified atom stereocenters. The van der Waals surface area contributed by atoms with Crippen LogP contribution < -0.4 is 10.1 Å². The fraction of sp³-hybridized carbons (Fsp3) is 0.600. The Morgan fingerprint density at radius 2 is 1.88 bits per heavy atom. The smallest absolute Gasteiger partial charge is 0.124 e. The summed E-state index contributed by atoms with van der Waals surface area (Å²) in [4.78, 5) is 0. The van der Waals surface area contributed by atoms with Crippen LogP contribution in [0.1, 0.15) is 42.1 Å². The largest absolute Gasteiger partial charge is 0.496 e. The zero-order valence-corrected chi connectivity index (χ0v) is 11.8. The van der Waals surface area contributed by atoms with Crippen molar-refractivity contribution >= 4 is 0 Å². The van der Waals surface area contributed by atoms with Crippen LogP contribution in [0.25, 0.3) is 0 Å². The molecular formula is C15H23NO. The van der Waals surface area contributed by atoms with E-state index in [1.165, 1.54) is 22.3 Å². The minimum absolute atomic E-state index is 0.359. The topological polar surface area (TPSA) is 21.3 Å². The van der Waals surface area contributed by atoms with Crippen molar-refractivity contribution in [3.8, 4) is 5.75 Å². The highest BCUT2D eigenvalue weighted by Crippen LogP contribution is 2.43. The molecule has 2 heteroatoms. The van der Waals surface area contributed by atoms with Crippen LogP contribution in [0, 0.1) is 26.2 Å². The molecule has 94 valence electrons. The molecule has 1 aromatic carbocycles. The Labute approximate surface area is 104 Å². The Bertz CT molecular complexity index is 449. The maximum atomic E-state index is 5.47. The summed E-state index contributed by atoms with van der Waals surface area (Å²) in [5, 5.41) is 3.54. The summed E-state index contributed by atoms with van der Waals surface area (Å²) in [6.45, 7) is 12.2. The lowest BCUT2D eigenvalue weighted by atomic mass is 9.72. The van der Waals surface area contributed by atoms with Crippen molar-refractivity contribution in [2.75, 3.05) is 13.7 Å². The normalized spacial score (nSPS) is 22.1. The van der Waals surface area contributed by atoms with E-state index in [0.29, 0.717) is 11.5 Å². The van der Waals surface area contributed by atoms with Crippen molar-refractivity contribution in [3.63, 3.8) is 0 Å². The molecule has 1 aliphatic rings. The first-order valence-electron chi connectivity index (χ1n) is 6.26. The summed E-state index contributed by atoms with van der Waals surface area (Å²) in [6, 6.07) is 2.76. The molecule has 17 heavy (non-hydrogen) atoms. The second kappa shape index (κ2) is 4.02. The molecule has 2 nitrogen and oxygen atoms in total. The molecule has 0 radical (unpaired) electrons. The van der Waals surface area contributed by atoms with E-state index >= 15 is 0 Å². The number of nitrogens with one attached hydrogen (secondary N) is 1. The number of hydrogen-bond donors (Lipinski definition) is 1. The molecule has 1 heterocycles. The third-order valence-corrected chi connectivity index (χ3v) is 4.12. The monoisotopic (exact) mass is 233 g/mol. The molecular weight excluding hydrogens is 210 g/mol. The van der Waals surface area contributed by atoms with E-state index in [2.05, 4.69) is 46.0 Å².